The van der Waals surface area contributed by atoms with Gasteiger partial charge in [-0.3, -0.25) is 0 Å². The van der Waals surface area contributed by atoms with Crippen molar-refractivity contribution < 1.29 is 0 Å². The third-order valence-corrected chi connectivity index (χ3v) is 2.80. The van der Waals surface area contributed by atoms with E-state index in [-0.39, 0.29) is 0 Å². The monoisotopic (exact) mass is 216 g/mol. The highest BCUT2D eigenvalue weighted by atomic mass is 15.0. The molecule has 0 aliphatic carbocycles. The predicted molar refractivity (Wildman–Crippen MR) is 69.5 cm³/mol. The van der Waals surface area contributed by atoms with Crippen LogP contribution in [-0.4, -0.2) is 11.6 Å². The predicted octanol–water partition coefficient (Wildman–Crippen LogP) is 3.02. The standard InChI is InChI=1S/C14H20N2/c1-11(2)9-16-10-12(8-15-3)13-6-4-5-7-14(13)16/h4-7,10-11,15H,8-9H2,1-3H3. The number of para-hydroxylation sites is 1. The van der Waals surface area contributed by atoms with Crippen LogP contribution in [0.15, 0.2) is 30.5 Å². The fourth-order valence-electron chi connectivity index (χ4n) is 2.20. The number of nitrogens with one attached hydrogen (secondary N) is 1. The van der Waals surface area contributed by atoms with E-state index in [0.717, 1.165) is 13.1 Å². The van der Waals surface area contributed by atoms with Crippen molar-refractivity contribution in [3.8, 4) is 0 Å². The van der Waals surface area contributed by atoms with Crippen LogP contribution >= 0.6 is 0 Å². The van der Waals surface area contributed by atoms with Crippen LogP contribution in [0.5, 0.6) is 0 Å². The summed E-state index contributed by atoms with van der Waals surface area (Å²) in [5.41, 5.74) is 2.74. The van der Waals surface area contributed by atoms with Crippen LogP contribution in [0.4, 0.5) is 0 Å². The Morgan fingerprint density at radius 1 is 1.25 bits per heavy atom. The first kappa shape index (κ1) is 11.2. The number of benzene rings is 1. The number of rotatable bonds is 4. The molecule has 16 heavy (non-hydrogen) atoms. The van der Waals surface area contributed by atoms with E-state index in [1.807, 2.05) is 7.05 Å². The van der Waals surface area contributed by atoms with Gasteiger partial charge in [-0.15, -0.1) is 0 Å². The molecule has 1 heterocycles. The molecular weight excluding hydrogens is 196 g/mol. The van der Waals surface area contributed by atoms with Crippen molar-refractivity contribution in [1.29, 1.82) is 0 Å². The lowest BCUT2D eigenvalue weighted by Gasteiger charge is -2.07. The second kappa shape index (κ2) is 4.71. The minimum Gasteiger partial charge on any atom is -0.347 e. The quantitative estimate of drug-likeness (QED) is 0.831. The smallest absolute Gasteiger partial charge is 0.0483 e. The number of nitrogens with zero attached hydrogens (tertiary/aromatic N) is 1. The van der Waals surface area contributed by atoms with E-state index < -0.39 is 0 Å². The van der Waals surface area contributed by atoms with Crippen LogP contribution in [0, 0.1) is 5.92 Å². The molecule has 2 rings (SSSR count). The molecule has 0 fully saturated rings. The molecule has 2 aromatic rings. The van der Waals surface area contributed by atoms with Crippen molar-refractivity contribution >= 4 is 10.9 Å². The largest absolute Gasteiger partial charge is 0.347 e. The lowest BCUT2D eigenvalue weighted by molar-refractivity contribution is 0.534. The molecule has 1 aromatic heterocycles. The molecule has 0 radical (unpaired) electrons. The van der Waals surface area contributed by atoms with E-state index in [2.05, 4.69) is 54.2 Å². The van der Waals surface area contributed by atoms with Gasteiger partial charge in [-0.25, -0.2) is 0 Å². The van der Waals surface area contributed by atoms with E-state index in [9.17, 15) is 0 Å². The molecule has 86 valence electrons. The van der Waals surface area contributed by atoms with Crippen molar-refractivity contribution in [1.82, 2.24) is 9.88 Å². The fourth-order valence-corrected chi connectivity index (χ4v) is 2.20. The summed E-state index contributed by atoms with van der Waals surface area (Å²) >= 11 is 0. The molecule has 2 nitrogen and oxygen atoms in total. The third kappa shape index (κ3) is 2.12. The Hall–Kier alpha value is -1.28. The Morgan fingerprint density at radius 2 is 2.00 bits per heavy atom. The normalized spacial score (nSPS) is 11.5. The topological polar surface area (TPSA) is 17.0 Å². The van der Waals surface area contributed by atoms with Gasteiger partial charge < -0.3 is 9.88 Å². The van der Waals surface area contributed by atoms with Gasteiger partial charge in [0.2, 0.25) is 0 Å². The summed E-state index contributed by atoms with van der Waals surface area (Å²) < 4.78 is 2.37. The maximum Gasteiger partial charge on any atom is 0.0483 e. The average Bonchev–Trinajstić information content (AvgIpc) is 2.58. The summed E-state index contributed by atoms with van der Waals surface area (Å²) in [6, 6.07) is 8.64. The van der Waals surface area contributed by atoms with Gasteiger partial charge in [0, 0.05) is 30.2 Å². The van der Waals surface area contributed by atoms with Crippen LogP contribution < -0.4 is 5.32 Å². The zero-order valence-corrected chi connectivity index (χ0v) is 10.3. The van der Waals surface area contributed by atoms with Crippen molar-refractivity contribution in [2.24, 2.45) is 5.92 Å². The minimum absolute atomic E-state index is 0.679. The maximum absolute atomic E-state index is 3.23. The van der Waals surface area contributed by atoms with Gasteiger partial charge in [-0.2, -0.15) is 0 Å². The molecule has 0 saturated carbocycles. The number of hydrogen-bond donors (Lipinski definition) is 1. The number of fused-ring (bicyclic) bond motifs is 1. The van der Waals surface area contributed by atoms with Crippen LogP contribution in [0.2, 0.25) is 0 Å². The SMILES string of the molecule is CNCc1cn(CC(C)C)c2ccccc12. The van der Waals surface area contributed by atoms with Crippen molar-refractivity contribution in [3.05, 3.63) is 36.0 Å². The summed E-state index contributed by atoms with van der Waals surface area (Å²) in [5.74, 6) is 0.679. The maximum atomic E-state index is 3.23. The van der Waals surface area contributed by atoms with Gasteiger partial charge in [0.05, 0.1) is 0 Å². The van der Waals surface area contributed by atoms with Crippen LogP contribution in [0.1, 0.15) is 19.4 Å². The molecule has 2 heteroatoms. The highest BCUT2D eigenvalue weighted by molar-refractivity contribution is 5.83. The molecule has 0 bridgehead atoms. The summed E-state index contributed by atoms with van der Waals surface area (Å²) in [7, 11) is 1.99. The van der Waals surface area contributed by atoms with Gasteiger partial charge in [0.25, 0.3) is 0 Å². The molecule has 0 aliphatic heterocycles. The van der Waals surface area contributed by atoms with Crippen LogP contribution in [0.3, 0.4) is 0 Å². The number of hydrogen-bond acceptors (Lipinski definition) is 1. The zero-order chi connectivity index (χ0) is 11.5. The molecule has 1 aromatic carbocycles. The number of aromatic nitrogens is 1. The van der Waals surface area contributed by atoms with Crippen molar-refractivity contribution in [3.63, 3.8) is 0 Å². The molecule has 0 atom stereocenters. The highest BCUT2D eigenvalue weighted by Crippen LogP contribution is 2.22. The first-order valence-electron chi connectivity index (χ1n) is 5.93. The lowest BCUT2D eigenvalue weighted by Crippen LogP contribution is -2.05. The third-order valence-electron chi connectivity index (χ3n) is 2.80. The van der Waals surface area contributed by atoms with Crippen molar-refractivity contribution in [2.75, 3.05) is 7.05 Å². The van der Waals surface area contributed by atoms with Gasteiger partial charge >= 0.3 is 0 Å². The summed E-state index contributed by atoms with van der Waals surface area (Å²) in [4.78, 5) is 0. The molecule has 0 saturated heterocycles. The molecular formula is C14H20N2. The van der Waals surface area contributed by atoms with E-state index in [1.165, 1.54) is 16.5 Å². The molecule has 0 amide bonds. The van der Waals surface area contributed by atoms with Gasteiger partial charge in [-0.05, 0) is 24.6 Å². The van der Waals surface area contributed by atoms with Gasteiger partial charge in [0.15, 0.2) is 0 Å². The highest BCUT2D eigenvalue weighted by Gasteiger charge is 2.07. The Labute approximate surface area is 97.3 Å². The molecule has 0 spiro atoms. The first-order chi connectivity index (χ1) is 7.72. The summed E-state index contributed by atoms with van der Waals surface area (Å²) in [6.07, 6.45) is 2.28. The van der Waals surface area contributed by atoms with E-state index in [4.69, 9.17) is 0 Å². The van der Waals surface area contributed by atoms with Crippen LogP contribution in [-0.2, 0) is 13.1 Å². The Bertz CT molecular complexity index is 469. The zero-order valence-electron chi connectivity index (χ0n) is 10.3. The fraction of sp³-hybridized carbons (Fsp3) is 0.429. The lowest BCUT2D eigenvalue weighted by atomic mass is 10.2. The van der Waals surface area contributed by atoms with Gasteiger partial charge in [0.1, 0.15) is 0 Å². The molecule has 0 unspecified atom stereocenters. The van der Waals surface area contributed by atoms with E-state index in [1.54, 1.807) is 0 Å². The molecule has 0 aliphatic rings. The first-order valence-corrected chi connectivity index (χ1v) is 5.93. The summed E-state index contributed by atoms with van der Waals surface area (Å²) in [5, 5.41) is 4.60. The van der Waals surface area contributed by atoms with Crippen molar-refractivity contribution in [2.45, 2.75) is 26.9 Å². The van der Waals surface area contributed by atoms with Gasteiger partial charge in [-0.1, -0.05) is 32.0 Å². The van der Waals surface area contributed by atoms with Crippen LogP contribution in [0.25, 0.3) is 10.9 Å². The van der Waals surface area contributed by atoms with E-state index >= 15 is 0 Å². The minimum atomic E-state index is 0.679. The Morgan fingerprint density at radius 3 is 2.69 bits per heavy atom. The average molecular weight is 216 g/mol. The Kier molecular flexibility index (Phi) is 3.30. The second-order valence-electron chi connectivity index (χ2n) is 4.75. The molecule has 1 N–H and O–H groups in total. The Balaban J connectivity index is 2.48. The van der Waals surface area contributed by atoms with E-state index in [0.29, 0.717) is 5.92 Å². The second-order valence-corrected chi connectivity index (χ2v) is 4.75. The summed E-state index contributed by atoms with van der Waals surface area (Å²) in [6.45, 7) is 6.54.